The average molecular weight is 300 g/mol. The molecule has 0 saturated heterocycles. The number of furan rings is 1. The molecule has 0 saturated carbocycles. The van der Waals surface area contributed by atoms with Crippen LogP contribution in [0.5, 0.6) is 0 Å². The fourth-order valence-electron chi connectivity index (χ4n) is 1.40. The number of carboxylic acid groups (broad SMARTS) is 1. The van der Waals surface area contributed by atoms with E-state index in [1.807, 2.05) is 0 Å². The number of hydrogen-bond acceptors (Lipinski definition) is 4. The summed E-state index contributed by atoms with van der Waals surface area (Å²) in [4.78, 5) is 25.4. The number of alkyl halides is 3. The Morgan fingerprint density at radius 2 is 1.81 bits per heavy atom. The summed E-state index contributed by atoms with van der Waals surface area (Å²) in [5.41, 5.74) is -1.08. The molecule has 2 rings (SSSR count). The lowest BCUT2D eigenvalue weighted by Crippen LogP contribution is -2.12. The van der Waals surface area contributed by atoms with E-state index in [-0.39, 0.29) is 11.4 Å². The van der Waals surface area contributed by atoms with Gasteiger partial charge in [0.05, 0.1) is 11.9 Å². The van der Waals surface area contributed by atoms with Crippen molar-refractivity contribution in [3.05, 3.63) is 47.7 Å². The van der Waals surface area contributed by atoms with E-state index in [9.17, 15) is 22.8 Å². The minimum atomic E-state index is -4.57. The van der Waals surface area contributed by atoms with Crippen LogP contribution in [0.3, 0.4) is 0 Å². The summed E-state index contributed by atoms with van der Waals surface area (Å²) in [6.07, 6.45) is -3.73. The molecular weight excluding hydrogens is 293 g/mol. The summed E-state index contributed by atoms with van der Waals surface area (Å²) in [5.74, 6) is -2.85. The lowest BCUT2D eigenvalue weighted by atomic mass is 10.3. The molecule has 2 N–H and O–H groups in total. The van der Waals surface area contributed by atoms with E-state index in [4.69, 9.17) is 9.52 Å². The molecule has 0 aliphatic carbocycles. The Hall–Kier alpha value is -2.84. The Balaban J connectivity index is 2.10. The molecule has 0 fully saturated rings. The van der Waals surface area contributed by atoms with E-state index in [0.717, 1.165) is 24.4 Å². The van der Waals surface area contributed by atoms with E-state index < -0.39 is 29.5 Å². The first-order chi connectivity index (χ1) is 9.77. The fourth-order valence-corrected chi connectivity index (χ4v) is 1.40. The van der Waals surface area contributed by atoms with Crippen molar-refractivity contribution in [2.75, 3.05) is 5.32 Å². The Bertz CT molecular complexity index is 677. The molecule has 0 aromatic carbocycles. The molecule has 2 aromatic rings. The third-order valence-corrected chi connectivity index (χ3v) is 2.35. The van der Waals surface area contributed by atoms with E-state index >= 15 is 0 Å². The summed E-state index contributed by atoms with van der Waals surface area (Å²) < 4.78 is 41.7. The second-order valence-electron chi connectivity index (χ2n) is 3.85. The van der Waals surface area contributed by atoms with Crippen molar-refractivity contribution in [2.45, 2.75) is 6.18 Å². The van der Waals surface area contributed by atoms with Crippen LogP contribution in [0.15, 0.2) is 34.9 Å². The average Bonchev–Trinajstić information content (AvgIpc) is 2.88. The number of hydrogen-bond donors (Lipinski definition) is 2. The molecule has 6 nitrogen and oxygen atoms in total. The standard InChI is InChI=1S/C12H7F3N2O4/c13-12(14,15)9-4-1-6(5-16-9)17-10(18)7-2-3-8(21-7)11(19)20/h1-5H,(H,17,18)(H,19,20). The number of halogens is 3. The van der Waals surface area contributed by atoms with Crippen molar-refractivity contribution in [1.82, 2.24) is 4.98 Å². The summed E-state index contributed by atoms with van der Waals surface area (Å²) in [5, 5.41) is 10.9. The molecule has 2 aromatic heterocycles. The molecule has 0 spiro atoms. The van der Waals surface area contributed by atoms with Crippen molar-refractivity contribution < 1.29 is 32.3 Å². The van der Waals surface area contributed by atoms with Gasteiger partial charge in [0.2, 0.25) is 5.76 Å². The van der Waals surface area contributed by atoms with E-state index in [0.29, 0.717) is 6.07 Å². The minimum absolute atomic E-state index is 0.0151. The molecule has 0 bridgehead atoms. The smallest absolute Gasteiger partial charge is 0.433 e. The van der Waals surface area contributed by atoms with Crippen LogP contribution in [-0.4, -0.2) is 22.0 Å². The van der Waals surface area contributed by atoms with Crippen molar-refractivity contribution in [1.29, 1.82) is 0 Å². The van der Waals surface area contributed by atoms with E-state index in [2.05, 4.69) is 10.3 Å². The lowest BCUT2D eigenvalue weighted by molar-refractivity contribution is -0.141. The predicted molar refractivity (Wildman–Crippen MR) is 62.9 cm³/mol. The van der Waals surface area contributed by atoms with Crippen molar-refractivity contribution in [3.8, 4) is 0 Å². The van der Waals surface area contributed by atoms with Crippen LogP contribution in [0.1, 0.15) is 26.8 Å². The molecule has 0 atom stereocenters. The number of carbonyl (C=O) groups excluding carboxylic acids is 1. The number of aromatic carboxylic acids is 1. The summed E-state index contributed by atoms with van der Waals surface area (Å²) in [6, 6.07) is 3.95. The minimum Gasteiger partial charge on any atom is -0.475 e. The molecule has 0 aliphatic rings. The number of carbonyl (C=O) groups is 2. The van der Waals surface area contributed by atoms with Crippen LogP contribution in [0, 0.1) is 0 Å². The highest BCUT2D eigenvalue weighted by atomic mass is 19.4. The molecule has 21 heavy (non-hydrogen) atoms. The Morgan fingerprint density at radius 1 is 1.14 bits per heavy atom. The largest absolute Gasteiger partial charge is 0.475 e. The van der Waals surface area contributed by atoms with E-state index in [1.54, 1.807) is 0 Å². The molecule has 0 aliphatic heterocycles. The number of amides is 1. The van der Waals surface area contributed by atoms with Crippen molar-refractivity contribution in [3.63, 3.8) is 0 Å². The van der Waals surface area contributed by atoms with Crippen LogP contribution < -0.4 is 5.32 Å². The molecular formula is C12H7F3N2O4. The number of carboxylic acids is 1. The summed E-state index contributed by atoms with van der Waals surface area (Å²) >= 11 is 0. The van der Waals surface area contributed by atoms with Crippen LogP contribution in [0.25, 0.3) is 0 Å². The van der Waals surface area contributed by atoms with E-state index in [1.165, 1.54) is 0 Å². The second-order valence-corrected chi connectivity index (χ2v) is 3.85. The van der Waals surface area contributed by atoms with Crippen molar-refractivity contribution in [2.24, 2.45) is 0 Å². The van der Waals surface area contributed by atoms with Gasteiger partial charge in [-0.2, -0.15) is 13.2 Å². The third kappa shape index (κ3) is 3.38. The second kappa shape index (κ2) is 5.27. The van der Waals surface area contributed by atoms with Gasteiger partial charge in [-0.25, -0.2) is 9.78 Å². The van der Waals surface area contributed by atoms with Crippen LogP contribution in [0.2, 0.25) is 0 Å². The Kier molecular flexibility index (Phi) is 3.66. The van der Waals surface area contributed by atoms with Gasteiger partial charge < -0.3 is 14.8 Å². The zero-order chi connectivity index (χ0) is 15.6. The maximum atomic E-state index is 12.3. The topological polar surface area (TPSA) is 92.4 Å². The monoisotopic (exact) mass is 300 g/mol. The Morgan fingerprint density at radius 3 is 2.29 bits per heavy atom. The SMILES string of the molecule is O=C(O)c1ccc(C(=O)Nc2ccc(C(F)(F)F)nc2)o1. The normalized spacial score (nSPS) is 11.2. The van der Waals surface area contributed by atoms with Gasteiger partial charge in [-0.1, -0.05) is 0 Å². The highest BCUT2D eigenvalue weighted by molar-refractivity contribution is 6.02. The van der Waals surface area contributed by atoms with Gasteiger partial charge in [0.1, 0.15) is 5.69 Å². The van der Waals surface area contributed by atoms with Crippen LogP contribution in [0.4, 0.5) is 18.9 Å². The van der Waals surface area contributed by atoms with Gasteiger partial charge in [-0.05, 0) is 24.3 Å². The molecule has 110 valence electrons. The lowest BCUT2D eigenvalue weighted by Gasteiger charge is -2.07. The maximum Gasteiger partial charge on any atom is 0.433 e. The molecule has 1 amide bonds. The first-order valence-corrected chi connectivity index (χ1v) is 5.45. The molecule has 0 radical (unpaired) electrons. The van der Waals surface area contributed by atoms with Gasteiger partial charge in [0, 0.05) is 0 Å². The highest BCUT2D eigenvalue weighted by Gasteiger charge is 2.32. The van der Waals surface area contributed by atoms with Crippen LogP contribution in [-0.2, 0) is 6.18 Å². The molecule has 0 unspecified atom stereocenters. The van der Waals surface area contributed by atoms with Crippen molar-refractivity contribution >= 4 is 17.6 Å². The Labute approximate surface area is 115 Å². The first-order valence-electron chi connectivity index (χ1n) is 5.45. The third-order valence-electron chi connectivity index (χ3n) is 2.35. The van der Waals surface area contributed by atoms with Gasteiger partial charge in [-0.15, -0.1) is 0 Å². The zero-order valence-electron chi connectivity index (χ0n) is 10.1. The number of nitrogens with zero attached hydrogens (tertiary/aromatic N) is 1. The van der Waals surface area contributed by atoms with Crippen LogP contribution >= 0.6 is 0 Å². The zero-order valence-corrected chi connectivity index (χ0v) is 10.1. The molecule has 9 heteroatoms. The molecule has 2 heterocycles. The van der Waals surface area contributed by atoms with Gasteiger partial charge in [0.15, 0.2) is 5.76 Å². The quantitative estimate of drug-likeness (QED) is 0.909. The maximum absolute atomic E-state index is 12.3. The highest BCUT2D eigenvalue weighted by Crippen LogP contribution is 2.27. The number of anilines is 1. The number of rotatable bonds is 3. The van der Waals surface area contributed by atoms with Gasteiger partial charge in [0.25, 0.3) is 5.91 Å². The number of pyridine rings is 1. The predicted octanol–water partition coefficient (Wildman–Crippen LogP) is 2.64. The fraction of sp³-hybridized carbons (Fsp3) is 0.0833. The van der Waals surface area contributed by atoms with Gasteiger partial charge in [-0.3, -0.25) is 4.79 Å². The van der Waals surface area contributed by atoms with Gasteiger partial charge >= 0.3 is 12.1 Å². The number of aromatic nitrogens is 1. The first kappa shape index (κ1) is 14.6. The number of nitrogens with one attached hydrogen (secondary N) is 1. The summed E-state index contributed by atoms with van der Waals surface area (Å²) in [7, 11) is 0. The summed E-state index contributed by atoms with van der Waals surface area (Å²) in [6.45, 7) is 0.